The molecule has 0 spiro atoms. The van der Waals surface area contributed by atoms with Crippen molar-refractivity contribution in [2.24, 2.45) is 0 Å². The van der Waals surface area contributed by atoms with Crippen LogP contribution >= 0.6 is 0 Å². The van der Waals surface area contributed by atoms with Gasteiger partial charge in [0.15, 0.2) is 0 Å². The number of nitriles is 1. The standard InChI is InChI=1S/C15H15N3/c1-10-6-11(2)8-13(7-10)18-14-5-3-4-12(9-16)15(14)17/h3-8,18H,17H2,1-2H3. The molecule has 0 aromatic heterocycles. The first-order valence-corrected chi connectivity index (χ1v) is 5.74. The molecular formula is C15H15N3. The lowest BCUT2D eigenvalue weighted by Gasteiger charge is -2.11. The lowest BCUT2D eigenvalue weighted by atomic mass is 10.1. The number of benzene rings is 2. The molecule has 0 amide bonds. The summed E-state index contributed by atoms with van der Waals surface area (Å²) in [6.07, 6.45) is 0. The van der Waals surface area contributed by atoms with E-state index in [2.05, 4.69) is 17.5 Å². The summed E-state index contributed by atoms with van der Waals surface area (Å²) in [7, 11) is 0. The van der Waals surface area contributed by atoms with Gasteiger partial charge in [-0.05, 0) is 49.2 Å². The first-order valence-electron chi connectivity index (χ1n) is 5.74. The molecule has 3 N–H and O–H groups in total. The second kappa shape index (κ2) is 4.80. The second-order valence-corrected chi connectivity index (χ2v) is 4.38. The van der Waals surface area contributed by atoms with Gasteiger partial charge >= 0.3 is 0 Å². The van der Waals surface area contributed by atoms with Gasteiger partial charge in [-0.15, -0.1) is 0 Å². The van der Waals surface area contributed by atoms with Gasteiger partial charge in [0.2, 0.25) is 0 Å². The largest absolute Gasteiger partial charge is 0.396 e. The van der Waals surface area contributed by atoms with E-state index in [1.165, 1.54) is 11.1 Å². The molecule has 0 saturated heterocycles. The van der Waals surface area contributed by atoms with Crippen LogP contribution in [0.3, 0.4) is 0 Å². The molecule has 0 bridgehead atoms. The Morgan fingerprint density at radius 1 is 1.11 bits per heavy atom. The predicted octanol–water partition coefficient (Wildman–Crippen LogP) is 3.50. The summed E-state index contributed by atoms with van der Waals surface area (Å²) in [6.45, 7) is 4.10. The number of nitrogens with two attached hydrogens (primary N) is 1. The van der Waals surface area contributed by atoms with Gasteiger partial charge in [-0.3, -0.25) is 0 Å². The van der Waals surface area contributed by atoms with E-state index in [4.69, 9.17) is 11.0 Å². The average Bonchev–Trinajstić information content (AvgIpc) is 2.30. The Bertz CT molecular complexity index is 604. The van der Waals surface area contributed by atoms with Crippen molar-refractivity contribution < 1.29 is 0 Å². The third-order valence-corrected chi connectivity index (χ3v) is 2.73. The highest BCUT2D eigenvalue weighted by Crippen LogP contribution is 2.26. The number of para-hydroxylation sites is 1. The highest BCUT2D eigenvalue weighted by molar-refractivity contribution is 5.77. The summed E-state index contributed by atoms with van der Waals surface area (Å²) < 4.78 is 0. The number of aryl methyl sites for hydroxylation is 2. The molecule has 0 radical (unpaired) electrons. The molecule has 0 heterocycles. The predicted molar refractivity (Wildman–Crippen MR) is 74.8 cm³/mol. The zero-order chi connectivity index (χ0) is 13.1. The Hall–Kier alpha value is -2.47. The highest BCUT2D eigenvalue weighted by Gasteiger charge is 2.04. The number of nitrogens with one attached hydrogen (secondary N) is 1. The fraction of sp³-hybridized carbons (Fsp3) is 0.133. The van der Waals surface area contributed by atoms with Gasteiger partial charge in [0.05, 0.1) is 16.9 Å². The quantitative estimate of drug-likeness (QED) is 0.786. The number of hydrogen-bond acceptors (Lipinski definition) is 3. The van der Waals surface area contributed by atoms with E-state index in [1.54, 1.807) is 6.07 Å². The Morgan fingerprint density at radius 3 is 2.39 bits per heavy atom. The molecule has 2 aromatic rings. The van der Waals surface area contributed by atoms with Crippen molar-refractivity contribution >= 4 is 17.1 Å². The maximum atomic E-state index is 8.94. The average molecular weight is 237 g/mol. The van der Waals surface area contributed by atoms with Crippen LogP contribution in [0.15, 0.2) is 36.4 Å². The van der Waals surface area contributed by atoms with Gasteiger partial charge in [-0.25, -0.2) is 0 Å². The molecule has 3 nitrogen and oxygen atoms in total. The van der Waals surface area contributed by atoms with Gasteiger partial charge in [-0.2, -0.15) is 5.26 Å². The Balaban J connectivity index is 2.37. The van der Waals surface area contributed by atoms with Gasteiger partial charge in [0.1, 0.15) is 6.07 Å². The van der Waals surface area contributed by atoms with Crippen LogP contribution < -0.4 is 11.1 Å². The molecule has 0 saturated carbocycles. The first kappa shape index (κ1) is 12.0. The van der Waals surface area contributed by atoms with E-state index in [0.717, 1.165) is 11.4 Å². The lowest BCUT2D eigenvalue weighted by Crippen LogP contribution is -1.99. The van der Waals surface area contributed by atoms with Crippen LogP contribution in [0.1, 0.15) is 16.7 Å². The number of nitrogen functional groups attached to an aromatic ring is 1. The minimum absolute atomic E-state index is 0.485. The van der Waals surface area contributed by atoms with Crippen molar-refractivity contribution in [2.45, 2.75) is 13.8 Å². The molecule has 18 heavy (non-hydrogen) atoms. The van der Waals surface area contributed by atoms with Crippen LogP contribution in [0.25, 0.3) is 0 Å². The third-order valence-electron chi connectivity index (χ3n) is 2.73. The molecule has 0 unspecified atom stereocenters. The van der Waals surface area contributed by atoms with Crippen LogP contribution in [0.5, 0.6) is 0 Å². The smallest absolute Gasteiger partial charge is 0.101 e. The molecule has 2 aromatic carbocycles. The summed E-state index contributed by atoms with van der Waals surface area (Å²) in [5.74, 6) is 0. The van der Waals surface area contributed by atoms with E-state index in [1.807, 2.05) is 38.1 Å². The Morgan fingerprint density at radius 2 is 1.78 bits per heavy atom. The fourth-order valence-corrected chi connectivity index (χ4v) is 1.97. The van der Waals surface area contributed by atoms with Crippen molar-refractivity contribution in [3.8, 4) is 6.07 Å². The van der Waals surface area contributed by atoms with Gasteiger partial charge < -0.3 is 11.1 Å². The summed E-state index contributed by atoms with van der Waals surface area (Å²) >= 11 is 0. The molecule has 0 aliphatic rings. The van der Waals surface area contributed by atoms with Crippen LogP contribution in [0, 0.1) is 25.2 Å². The molecule has 0 atom stereocenters. The maximum absolute atomic E-state index is 8.94. The zero-order valence-electron chi connectivity index (χ0n) is 10.5. The van der Waals surface area contributed by atoms with Crippen LogP contribution in [-0.2, 0) is 0 Å². The van der Waals surface area contributed by atoms with Crippen molar-refractivity contribution in [1.82, 2.24) is 0 Å². The summed E-state index contributed by atoms with van der Waals surface area (Å²) in [4.78, 5) is 0. The number of rotatable bonds is 2. The summed E-state index contributed by atoms with van der Waals surface area (Å²) in [6, 6.07) is 13.7. The molecule has 0 aliphatic carbocycles. The van der Waals surface area contributed by atoms with Crippen molar-refractivity contribution in [3.63, 3.8) is 0 Å². The number of anilines is 3. The third kappa shape index (κ3) is 2.44. The first-order chi connectivity index (χ1) is 8.60. The van der Waals surface area contributed by atoms with Crippen LogP contribution in [-0.4, -0.2) is 0 Å². The zero-order valence-corrected chi connectivity index (χ0v) is 10.5. The monoisotopic (exact) mass is 237 g/mol. The van der Waals surface area contributed by atoms with E-state index in [0.29, 0.717) is 11.3 Å². The topological polar surface area (TPSA) is 61.8 Å². The molecule has 3 heteroatoms. The van der Waals surface area contributed by atoms with E-state index < -0.39 is 0 Å². The normalized spacial score (nSPS) is 9.83. The molecule has 2 rings (SSSR count). The molecular weight excluding hydrogens is 222 g/mol. The fourth-order valence-electron chi connectivity index (χ4n) is 1.97. The van der Waals surface area contributed by atoms with Gasteiger partial charge in [0, 0.05) is 5.69 Å². The van der Waals surface area contributed by atoms with Crippen molar-refractivity contribution in [3.05, 3.63) is 53.1 Å². The Kier molecular flexibility index (Phi) is 3.20. The van der Waals surface area contributed by atoms with Gasteiger partial charge in [0.25, 0.3) is 0 Å². The van der Waals surface area contributed by atoms with E-state index in [9.17, 15) is 0 Å². The SMILES string of the molecule is Cc1cc(C)cc(Nc2cccc(C#N)c2N)c1. The Labute approximate surface area is 107 Å². The number of nitrogens with zero attached hydrogens (tertiary/aromatic N) is 1. The molecule has 90 valence electrons. The van der Waals surface area contributed by atoms with Crippen molar-refractivity contribution in [1.29, 1.82) is 5.26 Å². The van der Waals surface area contributed by atoms with E-state index >= 15 is 0 Å². The molecule has 0 fully saturated rings. The maximum Gasteiger partial charge on any atom is 0.101 e. The highest BCUT2D eigenvalue weighted by atomic mass is 14.9. The van der Waals surface area contributed by atoms with Gasteiger partial charge in [-0.1, -0.05) is 12.1 Å². The molecule has 0 aliphatic heterocycles. The van der Waals surface area contributed by atoms with Crippen LogP contribution in [0.4, 0.5) is 17.1 Å². The number of hydrogen-bond donors (Lipinski definition) is 2. The van der Waals surface area contributed by atoms with Crippen molar-refractivity contribution in [2.75, 3.05) is 11.1 Å². The lowest BCUT2D eigenvalue weighted by molar-refractivity contribution is 1.37. The van der Waals surface area contributed by atoms with E-state index in [-0.39, 0.29) is 0 Å². The second-order valence-electron chi connectivity index (χ2n) is 4.38. The minimum atomic E-state index is 0.485. The summed E-state index contributed by atoms with van der Waals surface area (Å²) in [5, 5.41) is 12.2. The minimum Gasteiger partial charge on any atom is -0.396 e. The van der Waals surface area contributed by atoms with Crippen LogP contribution in [0.2, 0.25) is 0 Å². The summed E-state index contributed by atoms with van der Waals surface area (Å²) in [5.41, 5.74) is 11.0.